The van der Waals surface area contributed by atoms with Crippen LogP contribution in [-0.2, 0) is 0 Å². The van der Waals surface area contributed by atoms with Crippen LogP contribution in [0.3, 0.4) is 0 Å². The molecule has 4 nitrogen and oxygen atoms in total. The number of hydrogen-bond acceptors (Lipinski definition) is 3. The first-order valence-electron chi connectivity index (χ1n) is 4.65. The summed E-state index contributed by atoms with van der Waals surface area (Å²) < 4.78 is 18.4. The van der Waals surface area contributed by atoms with E-state index in [0.717, 1.165) is 0 Å². The lowest BCUT2D eigenvalue weighted by Gasteiger charge is -2.03. The molecular formula is C11H7BrFNO3. The molecule has 6 heteroatoms. The maximum absolute atomic E-state index is 13.2. The Morgan fingerprint density at radius 1 is 1.47 bits per heavy atom. The summed E-state index contributed by atoms with van der Waals surface area (Å²) in [4.78, 5) is 10.7. The standard InChI is InChI=1S/C11H7BrFNO3/c1-5-2-8(13)7(12)3-6(5)10-4-9(11(15)16)14-17-10/h2-4H,1H3,(H,15,16). The number of aromatic carboxylic acids is 1. The Balaban J connectivity index is 2.52. The molecule has 0 aliphatic carbocycles. The van der Waals surface area contributed by atoms with E-state index in [1.54, 1.807) is 6.92 Å². The van der Waals surface area contributed by atoms with Crippen LogP contribution >= 0.6 is 15.9 Å². The highest BCUT2D eigenvalue weighted by Gasteiger charge is 2.15. The molecule has 0 saturated carbocycles. The minimum Gasteiger partial charge on any atom is -0.476 e. The second-order valence-corrected chi connectivity index (χ2v) is 4.32. The van der Waals surface area contributed by atoms with Gasteiger partial charge in [-0.1, -0.05) is 5.16 Å². The summed E-state index contributed by atoms with van der Waals surface area (Å²) in [6, 6.07) is 4.16. The molecule has 1 aromatic heterocycles. The van der Waals surface area contributed by atoms with Gasteiger partial charge in [-0.25, -0.2) is 9.18 Å². The molecule has 0 aliphatic heterocycles. The first-order valence-corrected chi connectivity index (χ1v) is 5.44. The normalized spacial score (nSPS) is 10.5. The van der Waals surface area contributed by atoms with Crippen molar-refractivity contribution in [2.45, 2.75) is 6.92 Å². The molecular weight excluding hydrogens is 293 g/mol. The van der Waals surface area contributed by atoms with Crippen molar-refractivity contribution in [1.82, 2.24) is 5.16 Å². The molecule has 0 spiro atoms. The number of aromatic nitrogens is 1. The molecule has 1 heterocycles. The summed E-state index contributed by atoms with van der Waals surface area (Å²) in [6.07, 6.45) is 0. The van der Waals surface area contributed by atoms with Crippen molar-refractivity contribution >= 4 is 21.9 Å². The summed E-state index contributed by atoms with van der Waals surface area (Å²) in [5, 5.41) is 12.1. The molecule has 88 valence electrons. The van der Waals surface area contributed by atoms with Crippen LogP contribution in [-0.4, -0.2) is 16.2 Å². The Hall–Kier alpha value is -1.69. The van der Waals surface area contributed by atoms with Gasteiger partial charge in [0.1, 0.15) is 5.82 Å². The first kappa shape index (κ1) is 11.8. The summed E-state index contributed by atoms with van der Waals surface area (Å²) in [6.45, 7) is 1.70. The SMILES string of the molecule is Cc1cc(F)c(Br)cc1-c1cc(C(=O)O)no1. The number of hydrogen-bond donors (Lipinski definition) is 1. The largest absolute Gasteiger partial charge is 0.476 e. The molecule has 0 radical (unpaired) electrons. The van der Waals surface area contributed by atoms with E-state index in [0.29, 0.717) is 16.9 Å². The molecule has 0 unspecified atom stereocenters. The van der Waals surface area contributed by atoms with Crippen molar-refractivity contribution in [2.24, 2.45) is 0 Å². The molecule has 1 N–H and O–H groups in total. The lowest BCUT2D eigenvalue weighted by atomic mass is 10.1. The van der Waals surface area contributed by atoms with E-state index in [2.05, 4.69) is 21.1 Å². The predicted molar refractivity (Wildman–Crippen MR) is 61.3 cm³/mol. The number of carboxylic acids is 1. The van der Waals surface area contributed by atoms with Gasteiger partial charge in [0.15, 0.2) is 11.5 Å². The highest BCUT2D eigenvalue weighted by atomic mass is 79.9. The van der Waals surface area contributed by atoms with E-state index < -0.39 is 5.97 Å². The Morgan fingerprint density at radius 3 is 2.76 bits per heavy atom. The van der Waals surface area contributed by atoms with Gasteiger partial charge in [0.2, 0.25) is 0 Å². The fourth-order valence-corrected chi connectivity index (χ4v) is 1.76. The van der Waals surface area contributed by atoms with E-state index in [9.17, 15) is 9.18 Å². The molecule has 1 aromatic carbocycles. The predicted octanol–water partition coefficient (Wildman–Crippen LogP) is 3.25. The average molecular weight is 300 g/mol. The van der Waals surface area contributed by atoms with Crippen molar-refractivity contribution in [3.63, 3.8) is 0 Å². The fraction of sp³-hybridized carbons (Fsp3) is 0.0909. The Kier molecular flexibility index (Phi) is 2.97. The number of aryl methyl sites for hydroxylation is 1. The van der Waals surface area contributed by atoms with E-state index in [4.69, 9.17) is 9.63 Å². The highest BCUT2D eigenvalue weighted by Crippen LogP contribution is 2.29. The van der Waals surface area contributed by atoms with E-state index in [1.165, 1.54) is 18.2 Å². The van der Waals surface area contributed by atoms with Crippen LogP contribution in [0.1, 0.15) is 16.1 Å². The van der Waals surface area contributed by atoms with Crippen molar-refractivity contribution in [2.75, 3.05) is 0 Å². The van der Waals surface area contributed by atoms with Crippen LogP contribution in [0, 0.1) is 12.7 Å². The summed E-state index contributed by atoms with van der Waals surface area (Å²) in [5.74, 6) is -1.26. The topological polar surface area (TPSA) is 63.3 Å². The minimum atomic E-state index is -1.17. The van der Waals surface area contributed by atoms with Crippen LogP contribution in [0.25, 0.3) is 11.3 Å². The van der Waals surface area contributed by atoms with Gasteiger partial charge in [-0.3, -0.25) is 0 Å². The van der Waals surface area contributed by atoms with Crippen molar-refractivity contribution < 1.29 is 18.8 Å². The maximum atomic E-state index is 13.2. The van der Waals surface area contributed by atoms with Gasteiger partial charge in [-0.05, 0) is 40.5 Å². The molecule has 17 heavy (non-hydrogen) atoms. The van der Waals surface area contributed by atoms with Gasteiger partial charge in [-0.2, -0.15) is 0 Å². The van der Waals surface area contributed by atoms with Crippen molar-refractivity contribution in [3.05, 3.63) is 39.7 Å². The third-order valence-corrected chi connectivity index (χ3v) is 2.87. The van der Waals surface area contributed by atoms with E-state index in [-0.39, 0.29) is 16.0 Å². The van der Waals surface area contributed by atoms with Gasteiger partial charge in [-0.15, -0.1) is 0 Å². The van der Waals surface area contributed by atoms with E-state index >= 15 is 0 Å². The summed E-state index contributed by atoms with van der Waals surface area (Å²) in [5.41, 5.74) is 1.05. The van der Waals surface area contributed by atoms with Crippen molar-refractivity contribution in [1.29, 1.82) is 0 Å². The number of nitrogens with zero attached hydrogens (tertiary/aromatic N) is 1. The minimum absolute atomic E-state index is 0.181. The molecule has 0 atom stereocenters. The average Bonchev–Trinajstić information content (AvgIpc) is 2.72. The second kappa shape index (κ2) is 4.29. The van der Waals surface area contributed by atoms with Gasteiger partial charge >= 0.3 is 5.97 Å². The first-order chi connectivity index (χ1) is 7.99. The van der Waals surface area contributed by atoms with E-state index in [1.807, 2.05) is 0 Å². The van der Waals surface area contributed by atoms with Crippen molar-refractivity contribution in [3.8, 4) is 11.3 Å². The third-order valence-electron chi connectivity index (χ3n) is 2.26. The van der Waals surface area contributed by atoms with Crippen LogP contribution in [0.5, 0.6) is 0 Å². The Labute approximate surface area is 104 Å². The number of carbonyl (C=O) groups is 1. The summed E-state index contributed by atoms with van der Waals surface area (Å²) in [7, 11) is 0. The Morgan fingerprint density at radius 2 is 2.18 bits per heavy atom. The number of halogens is 2. The molecule has 2 rings (SSSR count). The lowest BCUT2D eigenvalue weighted by molar-refractivity contribution is 0.0686. The zero-order valence-corrected chi connectivity index (χ0v) is 10.3. The molecule has 0 amide bonds. The molecule has 0 fully saturated rings. The number of carboxylic acid groups (broad SMARTS) is 1. The molecule has 0 saturated heterocycles. The van der Waals surface area contributed by atoms with Gasteiger partial charge in [0, 0.05) is 11.6 Å². The Bertz CT molecular complexity index is 594. The van der Waals surface area contributed by atoms with Crippen LogP contribution in [0.2, 0.25) is 0 Å². The van der Waals surface area contributed by atoms with Crippen LogP contribution < -0.4 is 0 Å². The molecule has 0 aliphatic rings. The lowest BCUT2D eigenvalue weighted by Crippen LogP contribution is -1.94. The highest BCUT2D eigenvalue weighted by molar-refractivity contribution is 9.10. The second-order valence-electron chi connectivity index (χ2n) is 3.46. The zero-order valence-electron chi connectivity index (χ0n) is 8.70. The zero-order chi connectivity index (χ0) is 12.6. The number of benzene rings is 1. The van der Waals surface area contributed by atoms with Gasteiger partial charge in [0.05, 0.1) is 4.47 Å². The number of rotatable bonds is 2. The van der Waals surface area contributed by atoms with Crippen LogP contribution in [0.4, 0.5) is 4.39 Å². The van der Waals surface area contributed by atoms with Crippen LogP contribution in [0.15, 0.2) is 27.2 Å². The quantitative estimate of drug-likeness (QED) is 0.924. The fourth-order valence-electron chi connectivity index (χ4n) is 1.41. The van der Waals surface area contributed by atoms with Gasteiger partial charge < -0.3 is 9.63 Å². The summed E-state index contributed by atoms with van der Waals surface area (Å²) >= 11 is 3.06. The van der Waals surface area contributed by atoms with Gasteiger partial charge in [0.25, 0.3) is 0 Å². The smallest absolute Gasteiger partial charge is 0.358 e. The maximum Gasteiger partial charge on any atom is 0.358 e. The molecule has 0 bridgehead atoms. The molecule has 2 aromatic rings. The third kappa shape index (κ3) is 2.21. The monoisotopic (exact) mass is 299 g/mol.